The number of amides is 2. The molecular weight excluding hydrogens is 244 g/mol. The van der Waals surface area contributed by atoms with E-state index in [1.165, 1.54) is 0 Å². The Balaban J connectivity index is 4.73. The van der Waals surface area contributed by atoms with E-state index in [9.17, 15) is 9.59 Å². The zero-order valence-corrected chi connectivity index (χ0v) is 12.9. The van der Waals surface area contributed by atoms with Crippen LogP contribution in [0.4, 0.5) is 4.79 Å². The minimum Gasteiger partial charge on any atom is -0.480 e. The van der Waals surface area contributed by atoms with E-state index in [2.05, 4.69) is 5.32 Å². The first kappa shape index (κ1) is 17.7. The first-order chi connectivity index (χ1) is 8.65. The number of carbonyl (C=O) groups is 2. The van der Waals surface area contributed by atoms with Gasteiger partial charge in [-0.1, -0.05) is 41.5 Å². The van der Waals surface area contributed by atoms with Crippen molar-refractivity contribution in [2.24, 2.45) is 17.8 Å². The van der Waals surface area contributed by atoms with E-state index in [1.807, 2.05) is 27.7 Å². The highest BCUT2D eigenvalue weighted by Crippen LogP contribution is 2.07. The van der Waals surface area contributed by atoms with E-state index in [0.717, 1.165) is 0 Å². The van der Waals surface area contributed by atoms with Crippen molar-refractivity contribution in [1.29, 1.82) is 0 Å². The lowest BCUT2D eigenvalue weighted by Crippen LogP contribution is -2.51. The zero-order valence-electron chi connectivity index (χ0n) is 12.9. The third kappa shape index (κ3) is 7.03. The SMILES string of the molecule is CC(C)CN(CC(C)C)C(=O)N[C@@H](C(=O)O)C(C)C. The van der Waals surface area contributed by atoms with Gasteiger partial charge in [-0.05, 0) is 17.8 Å². The maximum atomic E-state index is 12.2. The molecule has 112 valence electrons. The van der Waals surface area contributed by atoms with Gasteiger partial charge in [0.15, 0.2) is 0 Å². The Morgan fingerprint density at radius 2 is 1.42 bits per heavy atom. The number of hydrogen-bond donors (Lipinski definition) is 2. The Hall–Kier alpha value is -1.26. The maximum absolute atomic E-state index is 12.2. The first-order valence-corrected chi connectivity index (χ1v) is 6.93. The highest BCUT2D eigenvalue weighted by Gasteiger charge is 2.26. The Kier molecular flexibility index (Phi) is 7.49. The van der Waals surface area contributed by atoms with Gasteiger partial charge in [-0.3, -0.25) is 0 Å². The molecular formula is C14H28N2O3. The topological polar surface area (TPSA) is 69.6 Å². The molecule has 1 atom stereocenters. The number of urea groups is 1. The summed E-state index contributed by atoms with van der Waals surface area (Å²) in [5.41, 5.74) is 0. The van der Waals surface area contributed by atoms with Gasteiger partial charge in [0.05, 0.1) is 0 Å². The van der Waals surface area contributed by atoms with Crippen LogP contribution in [-0.4, -0.2) is 41.1 Å². The van der Waals surface area contributed by atoms with Crippen LogP contribution in [-0.2, 0) is 4.79 Å². The average molecular weight is 272 g/mol. The molecule has 0 aliphatic rings. The second kappa shape index (κ2) is 8.02. The van der Waals surface area contributed by atoms with E-state index in [0.29, 0.717) is 24.9 Å². The van der Waals surface area contributed by atoms with Crippen LogP contribution in [0.1, 0.15) is 41.5 Å². The second-order valence-corrected chi connectivity index (χ2v) is 6.20. The number of aliphatic carboxylic acids is 1. The van der Waals surface area contributed by atoms with E-state index in [4.69, 9.17) is 5.11 Å². The molecule has 2 amide bonds. The molecule has 0 aromatic carbocycles. The van der Waals surface area contributed by atoms with Crippen LogP contribution in [0, 0.1) is 17.8 Å². The lowest BCUT2D eigenvalue weighted by molar-refractivity contribution is -0.140. The summed E-state index contributed by atoms with van der Waals surface area (Å²) in [7, 11) is 0. The fraction of sp³-hybridized carbons (Fsp3) is 0.857. The molecule has 0 spiro atoms. The highest BCUT2D eigenvalue weighted by atomic mass is 16.4. The Labute approximate surface area is 116 Å². The van der Waals surface area contributed by atoms with Gasteiger partial charge in [0.25, 0.3) is 0 Å². The van der Waals surface area contributed by atoms with Gasteiger partial charge in [-0.25, -0.2) is 9.59 Å². The number of carboxylic acid groups (broad SMARTS) is 1. The van der Waals surface area contributed by atoms with Crippen LogP contribution >= 0.6 is 0 Å². The Morgan fingerprint density at radius 3 is 1.68 bits per heavy atom. The van der Waals surface area contributed by atoms with Gasteiger partial charge in [-0.15, -0.1) is 0 Å². The van der Waals surface area contributed by atoms with Crippen molar-refractivity contribution >= 4 is 12.0 Å². The summed E-state index contributed by atoms with van der Waals surface area (Å²) in [6.45, 7) is 13.0. The number of carboxylic acids is 1. The monoisotopic (exact) mass is 272 g/mol. The highest BCUT2D eigenvalue weighted by molar-refractivity contribution is 5.82. The molecule has 0 aromatic heterocycles. The number of nitrogens with zero attached hydrogens (tertiary/aromatic N) is 1. The summed E-state index contributed by atoms with van der Waals surface area (Å²) in [4.78, 5) is 25.0. The summed E-state index contributed by atoms with van der Waals surface area (Å²) >= 11 is 0. The van der Waals surface area contributed by atoms with Crippen LogP contribution in [0.15, 0.2) is 0 Å². The summed E-state index contributed by atoms with van der Waals surface area (Å²) in [6.07, 6.45) is 0. The Morgan fingerprint density at radius 1 is 1.00 bits per heavy atom. The minimum atomic E-state index is -0.989. The fourth-order valence-electron chi connectivity index (χ4n) is 1.86. The molecule has 0 rings (SSSR count). The molecule has 0 saturated heterocycles. The number of rotatable bonds is 7. The molecule has 2 N–H and O–H groups in total. The lowest BCUT2D eigenvalue weighted by Gasteiger charge is -2.29. The molecule has 0 heterocycles. The van der Waals surface area contributed by atoms with Crippen molar-refractivity contribution in [3.8, 4) is 0 Å². The predicted octanol–water partition coefficient (Wildman–Crippen LogP) is 2.42. The van der Waals surface area contributed by atoms with E-state index in [-0.39, 0.29) is 11.9 Å². The molecule has 0 bridgehead atoms. The standard InChI is InChI=1S/C14H28N2O3/c1-9(2)7-16(8-10(3)4)14(19)15-12(11(5)6)13(17)18/h9-12H,7-8H2,1-6H3,(H,15,19)(H,17,18)/t12-/m1/s1. The Bertz CT molecular complexity index is 291. The smallest absolute Gasteiger partial charge is 0.326 e. The van der Waals surface area contributed by atoms with E-state index in [1.54, 1.807) is 18.7 Å². The van der Waals surface area contributed by atoms with Gasteiger partial charge >= 0.3 is 12.0 Å². The predicted molar refractivity (Wildman–Crippen MR) is 76.0 cm³/mol. The molecule has 5 heteroatoms. The van der Waals surface area contributed by atoms with Crippen LogP contribution in [0.2, 0.25) is 0 Å². The quantitative estimate of drug-likeness (QED) is 0.747. The number of carbonyl (C=O) groups excluding carboxylic acids is 1. The van der Waals surface area contributed by atoms with Gasteiger partial charge in [0.1, 0.15) is 6.04 Å². The average Bonchev–Trinajstić information content (AvgIpc) is 2.22. The van der Waals surface area contributed by atoms with Gasteiger partial charge in [0.2, 0.25) is 0 Å². The van der Waals surface area contributed by atoms with Crippen molar-refractivity contribution in [2.45, 2.75) is 47.6 Å². The summed E-state index contributed by atoms with van der Waals surface area (Å²) < 4.78 is 0. The molecule has 0 unspecified atom stereocenters. The van der Waals surface area contributed by atoms with E-state index < -0.39 is 12.0 Å². The second-order valence-electron chi connectivity index (χ2n) is 6.20. The largest absolute Gasteiger partial charge is 0.480 e. The summed E-state index contributed by atoms with van der Waals surface area (Å²) in [5.74, 6) is -0.419. The molecule has 0 saturated carbocycles. The van der Waals surface area contributed by atoms with Gasteiger partial charge in [0, 0.05) is 13.1 Å². The van der Waals surface area contributed by atoms with Gasteiger partial charge in [-0.2, -0.15) is 0 Å². The summed E-state index contributed by atoms with van der Waals surface area (Å²) in [5, 5.41) is 11.7. The molecule has 0 radical (unpaired) electrons. The van der Waals surface area contributed by atoms with Gasteiger partial charge < -0.3 is 15.3 Å². The first-order valence-electron chi connectivity index (χ1n) is 6.93. The van der Waals surface area contributed by atoms with Crippen LogP contribution in [0.5, 0.6) is 0 Å². The molecule has 0 fully saturated rings. The fourth-order valence-corrected chi connectivity index (χ4v) is 1.86. The lowest BCUT2D eigenvalue weighted by atomic mass is 10.1. The minimum absolute atomic E-state index is 0.138. The third-order valence-electron chi connectivity index (χ3n) is 2.67. The summed E-state index contributed by atoms with van der Waals surface area (Å²) in [6, 6.07) is -1.13. The molecule has 0 aliphatic carbocycles. The molecule has 0 aromatic rings. The van der Waals surface area contributed by atoms with Crippen LogP contribution < -0.4 is 5.32 Å². The van der Waals surface area contributed by atoms with Crippen LogP contribution in [0.3, 0.4) is 0 Å². The number of hydrogen-bond acceptors (Lipinski definition) is 2. The zero-order chi connectivity index (χ0) is 15.2. The van der Waals surface area contributed by atoms with Crippen LogP contribution in [0.25, 0.3) is 0 Å². The van der Waals surface area contributed by atoms with Crippen molar-refractivity contribution in [3.63, 3.8) is 0 Å². The molecule has 5 nitrogen and oxygen atoms in total. The van der Waals surface area contributed by atoms with E-state index >= 15 is 0 Å². The van der Waals surface area contributed by atoms with Crippen molar-refractivity contribution in [1.82, 2.24) is 10.2 Å². The normalized spacial score (nSPS) is 12.9. The van der Waals surface area contributed by atoms with Crippen molar-refractivity contribution < 1.29 is 14.7 Å². The third-order valence-corrected chi connectivity index (χ3v) is 2.67. The van der Waals surface area contributed by atoms with Crippen molar-refractivity contribution in [3.05, 3.63) is 0 Å². The maximum Gasteiger partial charge on any atom is 0.326 e. The number of nitrogens with one attached hydrogen (secondary N) is 1. The van der Waals surface area contributed by atoms with Crippen molar-refractivity contribution in [2.75, 3.05) is 13.1 Å². The molecule has 0 aliphatic heterocycles. The molecule has 19 heavy (non-hydrogen) atoms.